The first-order valence-electron chi connectivity index (χ1n) is 5.42. The van der Waals surface area contributed by atoms with Crippen molar-refractivity contribution in [1.82, 2.24) is 0 Å². The van der Waals surface area contributed by atoms with Crippen LogP contribution >= 0.6 is 31.9 Å². The van der Waals surface area contributed by atoms with E-state index in [1.807, 2.05) is 0 Å². The monoisotopic (exact) mass is 402 g/mol. The summed E-state index contributed by atoms with van der Waals surface area (Å²) in [5, 5.41) is 0. The molecule has 1 rings (SSSR count). The Balaban J connectivity index is 2.89. The molecule has 0 fully saturated rings. The van der Waals surface area contributed by atoms with Gasteiger partial charge in [-0.3, -0.25) is 4.79 Å². The van der Waals surface area contributed by atoms with Crippen LogP contribution in [0.5, 0.6) is 0 Å². The molecule has 0 aliphatic carbocycles. The number of alkyl halides is 4. The highest BCUT2D eigenvalue weighted by molar-refractivity contribution is 9.10. The first-order chi connectivity index (χ1) is 8.75. The Bertz CT molecular complexity index is 461. The van der Waals surface area contributed by atoms with E-state index in [2.05, 4.69) is 31.9 Å². The third-order valence-electron chi connectivity index (χ3n) is 2.29. The molecular weight excluding hydrogens is 393 g/mol. The molecule has 2 nitrogen and oxygen atoms in total. The first-order valence-corrected chi connectivity index (χ1v) is 7.13. The molecule has 7 heteroatoms. The number of halogens is 5. The number of hydrogen-bond donors (Lipinski definition) is 0. The molecule has 0 saturated carbocycles. The second kappa shape index (κ2) is 6.74. The molecule has 1 aromatic carbocycles. The molecule has 0 amide bonds. The van der Waals surface area contributed by atoms with E-state index in [1.165, 1.54) is 12.1 Å². The van der Waals surface area contributed by atoms with E-state index < -0.39 is 22.5 Å². The van der Waals surface area contributed by atoms with Crippen LogP contribution in [-0.4, -0.2) is 17.4 Å². The molecule has 0 spiro atoms. The number of hydrogen-bond acceptors (Lipinski definition) is 2. The summed E-state index contributed by atoms with van der Waals surface area (Å²) in [5.41, 5.74) is -0.348. The van der Waals surface area contributed by atoms with Crippen LogP contribution in [0.4, 0.5) is 13.2 Å². The maximum Gasteiger partial charge on any atom is 0.417 e. The van der Waals surface area contributed by atoms with Gasteiger partial charge in [-0.1, -0.05) is 37.9 Å². The first kappa shape index (κ1) is 16.5. The molecule has 0 aliphatic rings. The Kier molecular flexibility index (Phi) is 5.85. The highest BCUT2D eigenvalue weighted by Crippen LogP contribution is 2.35. The smallest absolute Gasteiger partial charge is 0.417 e. The quantitative estimate of drug-likeness (QED) is 0.552. The van der Waals surface area contributed by atoms with Gasteiger partial charge in [0.15, 0.2) is 0 Å². The fourth-order valence-corrected chi connectivity index (χ4v) is 2.42. The molecule has 0 aromatic heterocycles. The van der Waals surface area contributed by atoms with Crippen molar-refractivity contribution in [3.8, 4) is 0 Å². The van der Waals surface area contributed by atoms with Gasteiger partial charge in [0.2, 0.25) is 0 Å². The lowest BCUT2D eigenvalue weighted by Gasteiger charge is -2.13. The molecule has 0 heterocycles. The van der Waals surface area contributed by atoms with Gasteiger partial charge >= 0.3 is 12.1 Å². The number of ether oxygens (including phenoxy) is 1. The Morgan fingerprint density at radius 1 is 1.42 bits per heavy atom. The molecule has 0 bridgehead atoms. The summed E-state index contributed by atoms with van der Waals surface area (Å²) in [5.74, 6) is -0.487. The number of rotatable bonds is 4. The third kappa shape index (κ3) is 4.80. The second-order valence-electron chi connectivity index (χ2n) is 3.74. The predicted octanol–water partition coefficient (Wildman–Crippen LogP) is 4.34. The second-order valence-corrected chi connectivity index (χ2v) is 5.70. The van der Waals surface area contributed by atoms with E-state index in [9.17, 15) is 18.0 Å². The Morgan fingerprint density at radius 2 is 2.05 bits per heavy atom. The van der Waals surface area contributed by atoms with Crippen LogP contribution in [0.1, 0.15) is 18.1 Å². The lowest BCUT2D eigenvalue weighted by Crippen LogP contribution is -2.20. The van der Waals surface area contributed by atoms with Gasteiger partial charge in [-0.25, -0.2) is 0 Å². The average molecular weight is 404 g/mol. The van der Waals surface area contributed by atoms with Crippen molar-refractivity contribution < 1.29 is 22.7 Å². The van der Waals surface area contributed by atoms with E-state index in [1.54, 1.807) is 6.92 Å². The fraction of sp³-hybridized carbons (Fsp3) is 0.417. The minimum absolute atomic E-state index is 0.0222. The third-order valence-corrected chi connectivity index (χ3v) is 3.68. The molecule has 0 aliphatic heterocycles. The molecule has 106 valence electrons. The molecule has 1 aromatic rings. The van der Waals surface area contributed by atoms with Crippen molar-refractivity contribution in [1.29, 1.82) is 0 Å². The fourth-order valence-electron chi connectivity index (χ4n) is 1.44. The van der Waals surface area contributed by atoms with Gasteiger partial charge in [-0.2, -0.15) is 13.2 Å². The van der Waals surface area contributed by atoms with Crippen molar-refractivity contribution in [2.75, 3.05) is 6.61 Å². The molecule has 0 radical (unpaired) electrons. The lowest BCUT2D eigenvalue weighted by atomic mass is 10.1. The Morgan fingerprint density at radius 3 is 2.58 bits per heavy atom. The standard InChI is InChI=1S/C12H11Br2F3O2/c1-2-19-11(18)10(14)6-7-3-4-9(13)8(5-7)12(15,16)17/h3-5,10H,2,6H2,1H3. The van der Waals surface area contributed by atoms with Crippen molar-refractivity contribution in [2.24, 2.45) is 0 Å². The topological polar surface area (TPSA) is 26.3 Å². The van der Waals surface area contributed by atoms with Crippen LogP contribution in [0.15, 0.2) is 22.7 Å². The number of esters is 1. The molecule has 1 unspecified atom stereocenters. The van der Waals surface area contributed by atoms with Gasteiger partial charge in [0, 0.05) is 4.47 Å². The summed E-state index contributed by atoms with van der Waals surface area (Å²) < 4.78 is 42.9. The van der Waals surface area contributed by atoms with Crippen LogP contribution in [-0.2, 0) is 22.1 Å². The highest BCUT2D eigenvalue weighted by atomic mass is 79.9. The Labute approximate surface area is 125 Å². The highest BCUT2D eigenvalue weighted by Gasteiger charge is 2.33. The molecular formula is C12H11Br2F3O2. The zero-order valence-corrected chi connectivity index (χ0v) is 13.1. The average Bonchev–Trinajstić information content (AvgIpc) is 2.30. The molecule has 19 heavy (non-hydrogen) atoms. The Hall–Kier alpha value is -0.560. The van der Waals surface area contributed by atoms with Crippen LogP contribution in [0, 0.1) is 0 Å². The molecule has 0 saturated heterocycles. The van der Waals surface area contributed by atoms with Crippen LogP contribution < -0.4 is 0 Å². The maximum absolute atomic E-state index is 12.7. The van der Waals surface area contributed by atoms with E-state index in [-0.39, 0.29) is 17.5 Å². The van der Waals surface area contributed by atoms with E-state index in [4.69, 9.17) is 4.74 Å². The summed E-state index contributed by atoms with van der Waals surface area (Å²) in [4.78, 5) is 10.7. The van der Waals surface area contributed by atoms with E-state index in [0.717, 1.165) is 6.07 Å². The van der Waals surface area contributed by atoms with Gasteiger partial charge in [0.25, 0.3) is 0 Å². The summed E-state index contributed by atoms with van der Waals surface area (Å²) in [7, 11) is 0. The maximum atomic E-state index is 12.7. The van der Waals surface area contributed by atoms with Gasteiger partial charge in [-0.15, -0.1) is 0 Å². The van der Waals surface area contributed by atoms with Crippen molar-refractivity contribution >= 4 is 37.8 Å². The summed E-state index contributed by atoms with van der Waals surface area (Å²) in [6.45, 7) is 1.90. The number of carbonyl (C=O) groups excluding carboxylic acids is 1. The lowest BCUT2D eigenvalue weighted by molar-refractivity contribution is -0.142. The van der Waals surface area contributed by atoms with Crippen LogP contribution in [0.3, 0.4) is 0 Å². The van der Waals surface area contributed by atoms with Crippen molar-refractivity contribution in [2.45, 2.75) is 24.3 Å². The summed E-state index contributed by atoms with van der Waals surface area (Å²) >= 11 is 5.97. The largest absolute Gasteiger partial charge is 0.465 e. The SMILES string of the molecule is CCOC(=O)C(Br)Cc1ccc(Br)c(C(F)(F)F)c1. The van der Waals surface area contributed by atoms with E-state index in [0.29, 0.717) is 5.56 Å². The van der Waals surface area contributed by atoms with Gasteiger partial charge < -0.3 is 4.74 Å². The minimum Gasteiger partial charge on any atom is -0.465 e. The van der Waals surface area contributed by atoms with Crippen molar-refractivity contribution in [3.63, 3.8) is 0 Å². The number of benzene rings is 1. The molecule has 1 atom stereocenters. The summed E-state index contributed by atoms with van der Waals surface area (Å²) in [6, 6.07) is 3.88. The molecule has 0 N–H and O–H groups in total. The zero-order valence-electron chi connectivity index (χ0n) is 9.93. The summed E-state index contributed by atoms with van der Waals surface area (Å²) in [6.07, 6.45) is -4.30. The van der Waals surface area contributed by atoms with Crippen LogP contribution in [0.25, 0.3) is 0 Å². The van der Waals surface area contributed by atoms with Crippen molar-refractivity contribution in [3.05, 3.63) is 33.8 Å². The zero-order chi connectivity index (χ0) is 14.6. The van der Waals surface area contributed by atoms with Gasteiger partial charge in [-0.05, 0) is 31.0 Å². The number of carbonyl (C=O) groups is 1. The van der Waals surface area contributed by atoms with E-state index >= 15 is 0 Å². The van der Waals surface area contributed by atoms with Gasteiger partial charge in [0.1, 0.15) is 4.83 Å². The normalized spacial score (nSPS) is 13.2. The van der Waals surface area contributed by atoms with Crippen LogP contribution in [0.2, 0.25) is 0 Å². The minimum atomic E-state index is -4.43. The van der Waals surface area contributed by atoms with Gasteiger partial charge in [0.05, 0.1) is 12.2 Å². The predicted molar refractivity (Wildman–Crippen MR) is 72.2 cm³/mol.